The maximum absolute atomic E-state index is 8.23. The molecule has 0 aliphatic carbocycles. The summed E-state index contributed by atoms with van der Waals surface area (Å²) in [6.07, 6.45) is 0.0174. The molecule has 0 unspecified atom stereocenters. The van der Waals surface area contributed by atoms with Gasteiger partial charge in [-0.15, -0.1) is 0 Å². The minimum absolute atomic E-state index is 0.0174. The number of rotatable bonds is 2. The molecule has 1 aliphatic heterocycles. The van der Waals surface area contributed by atoms with Crippen LogP contribution in [0.1, 0.15) is 0 Å². The third-order valence-electron chi connectivity index (χ3n) is 1.20. The van der Waals surface area contributed by atoms with Crippen LogP contribution in [-0.4, -0.2) is 37.7 Å². The van der Waals surface area contributed by atoms with Crippen molar-refractivity contribution in [2.45, 2.75) is 6.10 Å². The highest BCUT2D eigenvalue weighted by Crippen LogP contribution is 1.97. The first kappa shape index (κ1) is 6.95. The Hall–Kier alpha value is -0.160. The van der Waals surface area contributed by atoms with Crippen molar-refractivity contribution in [3.63, 3.8) is 0 Å². The highest BCUT2D eigenvalue weighted by atomic mass is 16.6. The van der Waals surface area contributed by atoms with Gasteiger partial charge in [0.2, 0.25) is 0 Å². The number of hydrogen-bond donors (Lipinski definition) is 2. The van der Waals surface area contributed by atoms with Crippen LogP contribution in [0, 0.1) is 0 Å². The van der Waals surface area contributed by atoms with Gasteiger partial charge in [0.1, 0.15) is 0 Å². The Morgan fingerprint density at radius 3 is 3.00 bits per heavy atom. The molecule has 1 fully saturated rings. The fraction of sp³-hybridized carbons (Fsp3) is 1.00. The Morgan fingerprint density at radius 2 is 2.44 bits per heavy atom. The molecule has 0 aromatic carbocycles. The normalized spacial score (nSPS) is 28.3. The van der Waals surface area contributed by atoms with Crippen LogP contribution in [-0.2, 0) is 9.47 Å². The predicted molar refractivity (Wildman–Crippen MR) is 30.3 cm³/mol. The van der Waals surface area contributed by atoms with E-state index in [4.69, 9.17) is 14.7 Å². The first-order valence-corrected chi connectivity index (χ1v) is 3.00. The van der Waals surface area contributed by atoms with E-state index >= 15 is 0 Å². The molecule has 1 atom stereocenters. The van der Waals surface area contributed by atoms with Crippen molar-refractivity contribution >= 4 is 0 Å². The molecule has 0 aromatic rings. The van der Waals surface area contributed by atoms with Crippen molar-refractivity contribution < 1.29 is 14.7 Å². The highest BCUT2D eigenvalue weighted by molar-refractivity contribution is 4.60. The summed E-state index contributed by atoms with van der Waals surface area (Å²) >= 11 is 0. The van der Waals surface area contributed by atoms with Crippen molar-refractivity contribution in [2.75, 3.05) is 26.4 Å². The average molecular weight is 133 g/mol. The Bertz CT molecular complexity index is 69.8. The molecule has 0 saturated carbocycles. The molecule has 0 spiro atoms. The Kier molecular flexibility index (Phi) is 2.93. The Labute approximate surface area is 53.7 Å². The van der Waals surface area contributed by atoms with Crippen LogP contribution >= 0.6 is 0 Å². The van der Waals surface area contributed by atoms with Crippen molar-refractivity contribution in [3.8, 4) is 0 Å². The molecule has 4 heteroatoms. The number of hydrogen-bond acceptors (Lipinski definition) is 4. The molecule has 1 aliphatic rings. The molecule has 54 valence electrons. The van der Waals surface area contributed by atoms with Crippen LogP contribution in [0.3, 0.4) is 0 Å². The number of hydroxylamine groups is 1. The second-order valence-corrected chi connectivity index (χ2v) is 1.93. The van der Waals surface area contributed by atoms with Gasteiger partial charge in [-0.1, -0.05) is 0 Å². The van der Waals surface area contributed by atoms with Crippen LogP contribution in [0.4, 0.5) is 0 Å². The molecule has 0 radical (unpaired) electrons. The molecule has 0 amide bonds. The van der Waals surface area contributed by atoms with Crippen molar-refractivity contribution in [1.29, 1.82) is 0 Å². The zero-order valence-corrected chi connectivity index (χ0v) is 5.17. The number of nitrogens with one attached hydrogen (secondary N) is 1. The lowest BCUT2D eigenvalue weighted by Crippen LogP contribution is -2.36. The van der Waals surface area contributed by atoms with E-state index < -0.39 is 0 Å². The summed E-state index contributed by atoms with van der Waals surface area (Å²) in [6, 6.07) is 0. The van der Waals surface area contributed by atoms with Gasteiger partial charge in [0, 0.05) is 6.54 Å². The molecule has 0 bridgehead atoms. The van der Waals surface area contributed by atoms with E-state index in [0.717, 1.165) is 0 Å². The van der Waals surface area contributed by atoms with Crippen molar-refractivity contribution in [2.24, 2.45) is 0 Å². The van der Waals surface area contributed by atoms with E-state index in [2.05, 4.69) is 0 Å². The molecule has 1 heterocycles. The lowest BCUT2D eigenvalue weighted by atomic mass is 10.3. The summed E-state index contributed by atoms with van der Waals surface area (Å²) in [5, 5.41) is 8.23. The smallest absolute Gasteiger partial charge is 0.0956 e. The standard InChI is InChI=1S/C5H11NO3/c7-6-3-5-4-8-1-2-9-5/h5-7H,1-4H2/t5-/m1/s1. The van der Waals surface area contributed by atoms with Gasteiger partial charge >= 0.3 is 0 Å². The molecule has 2 N–H and O–H groups in total. The van der Waals surface area contributed by atoms with Gasteiger partial charge < -0.3 is 14.7 Å². The monoisotopic (exact) mass is 133 g/mol. The van der Waals surface area contributed by atoms with Gasteiger partial charge in [0.05, 0.1) is 25.9 Å². The van der Waals surface area contributed by atoms with Gasteiger partial charge in [-0.2, -0.15) is 0 Å². The maximum Gasteiger partial charge on any atom is 0.0956 e. The summed E-state index contributed by atoms with van der Waals surface area (Å²) in [5.41, 5.74) is 2.03. The van der Waals surface area contributed by atoms with Gasteiger partial charge in [-0.25, -0.2) is 5.48 Å². The topological polar surface area (TPSA) is 50.7 Å². The minimum atomic E-state index is 0.0174. The first-order chi connectivity index (χ1) is 4.43. The fourth-order valence-corrected chi connectivity index (χ4v) is 0.756. The van der Waals surface area contributed by atoms with Crippen LogP contribution in [0.5, 0.6) is 0 Å². The molecule has 0 aromatic heterocycles. The molecular weight excluding hydrogens is 122 g/mol. The van der Waals surface area contributed by atoms with Gasteiger partial charge in [0.25, 0.3) is 0 Å². The largest absolute Gasteiger partial charge is 0.376 e. The Balaban J connectivity index is 2.08. The van der Waals surface area contributed by atoms with E-state index in [0.29, 0.717) is 26.4 Å². The highest BCUT2D eigenvalue weighted by Gasteiger charge is 2.12. The van der Waals surface area contributed by atoms with E-state index in [-0.39, 0.29) is 6.10 Å². The van der Waals surface area contributed by atoms with Crippen molar-refractivity contribution in [1.82, 2.24) is 5.48 Å². The quantitative estimate of drug-likeness (QED) is 0.493. The third kappa shape index (κ3) is 2.28. The van der Waals surface area contributed by atoms with E-state index in [1.165, 1.54) is 0 Å². The van der Waals surface area contributed by atoms with Crippen LogP contribution in [0.15, 0.2) is 0 Å². The lowest BCUT2D eigenvalue weighted by molar-refractivity contribution is -0.0953. The van der Waals surface area contributed by atoms with Crippen LogP contribution in [0.25, 0.3) is 0 Å². The zero-order valence-electron chi connectivity index (χ0n) is 5.17. The van der Waals surface area contributed by atoms with Crippen LogP contribution < -0.4 is 5.48 Å². The summed E-state index contributed by atoms with van der Waals surface area (Å²) in [4.78, 5) is 0. The molecule has 1 saturated heterocycles. The molecular formula is C5H11NO3. The second-order valence-electron chi connectivity index (χ2n) is 1.93. The molecule has 1 rings (SSSR count). The molecule has 4 nitrogen and oxygen atoms in total. The van der Waals surface area contributed by atoms with Crippen LogP contribution in [0.2, 0.25) is 0 Å². The van der Waals surface area contributed by atoms with Gasteiger partial charge in [-0.3, -0.25) is 0 Å². The SMILES string of the molecule is ONC[C@@H]1COCCO1. The summed E-state index contributed by atoms with van der Waals surface area (Å²) in [6.45, 7) is 2.32. The van der Waals surface area contributed by atoms with Crippen molar-refractivity contribution in [3.05, 3.63) is 0 Å². The van der Waals surface area contributed by atoms with Gasteiger partial charge in [0.15, 0.2) is 0 Å². The second kappa shape index (κ2) is 3.79. The van der Waals surface area contributed by atoms with E-state index in [1.807, 2.05) is 5.48 Å². The van der Waals surface area contributed by atoms with Gasteiger partial charge in [-0.05, 0) is 0 Å². The Morgan fingerprint density at radius 1 is 1.56 bits per heavy atom. The lowest BCUT2D eigenvalue weighted by Gasteiger charge is -2.21. The average Bonchev–Trinajstić information content (AvgIpc) is 1.91. The predicted octanol–water partition coefficient (Wildman–Crippen LogP) is -0.619. The maximum atomic E-state index is 8.23. The summed E-state index contributed by atoms with van der Waals surface area (Å²) < 4.78 is 10.2. The van der Waals surface area contributed by atoms with E-state index in [9.17, 15) is 0 Å². The minimum Gasteiger partial charge on any atom is -0.376 e. The summed E-state index contributed by atoms with van der Waals surface area (Å²) in [7, 11) is 0. The molecule has 9 heavy (non-hydrogen) atoms. The third-order valence-corrected chi connectivity index (χ3v) is 1.20. The zero-order chi connectivity index (χ0) is 6.53. The fourth-order valence-electron chi connectivity index (χ4n) is 0.756. The summed E-state index contributed by atoms with van der Waals surface area (Å²) in [5.74, 6) is 0. The van der Waals surface area contributed by atoms with E-state index in [1.54, 1.807) is 0 Å². The first-order valence-electron chi connectivity index (χ1n) is 3.00. The number of ether oxygens (including phenoxy) is 2.